The summed E-state index contributed by atoms with van der Waals surface area (Å²) in [6.07, 6.45) is 2.97. The summed E-state index contributed by atoms with van der Waals surface area (Å²) in [4.78, 5) is 15.1. The van der Waals surface area contributed by atoms with Crippen LogP contribution in [0.1, 0.15) is 36.2 Å². The Kier molecular flexibility index (Phi) is 5.06. The van der Waals surface area contributed by atoms with E-state index in [9.17, 15) is 4.79 Å². The van der Waals surface area contributed by atoms with Crippen LogP contribution in [-0.4, -0.2) is 29.2 Å². The summed E-state index contributed by atoms with van der Waals surface area (Å²) in [5.41, 5.74) is 4.37. The van der Waals surface area contributed by atoms with Gasteiger partial charge in [-0.1, -0.05) is 37.3 Å². The number of carbonyl (C=O) groups is 1. The molecule has 0 aliphatic carbocycles. The highest BCUT2D eigenvalue weighted by atomic mass is 16.5. The van der Waals surface area contributed by atoms with Crippen LogP contribution in [0.5, 0.6) is 5.75 Å². The van der Waals surface area contributed by atoms with E-state index in [2.05, 4.69) is 41.2 Å². The zero-order valence-electron chi connectivity index (χ0n) is 16.3. The number of rotatable bonds is 4. The lowest BCUT2D eigenvalue weighted by Gasteiger charge is -2.31. The molecule has 4 rings (SSSR count). The molecule has 28 heavy (non-hydrogen) atoms. The van der Waals surface area contributed by atoms with Gasteiger partial charge in [0.25, 0.3) is 0 Å². The molecule has 5 heteroatoms. The minimum Gasteiger partial charge on any atom is -0.497 e. The molecule has 0 unspecified atom stereocenters. The van der Waals surface area contributed by atoms with Crippen LogP contribution in [0.4, 0.5) is 4.79 Å². The molecule has 0 saturated carbocycles. The fourth-order valence-corrected chi connectivity index (χ4v) is 3.81. The van der Waals surface area contributed by atoms with Crippen molar-refractivity contribution in [2.45, 2.75) is 25.9 Å². The maximum Gasteiger partial charge on any atom is 0.318 e. The van der Waals surface area contributed by atoms with Gasteiger partial charge in [-0.05, 0) is 47.9 Å². The summed E-state index contributed by atoms with van der Waals surface area (Å²) >= 11 is 0. The third kappa shape index (κ3) is 3.24. The van der Waals surface area contributed by atoms with Crippen LogP contribution < -0.4 is 10.1 Å². The molecule has 0 radical (unpaired) electrons. The number of hydrogen-bond acceptors (Lipinski definition) is 2. The Morgan fingerprint density at radius 3 is 2.64 bits per heavy atom. The number of fused-ring (bicyclic) bond motifs is 3. The average molecular weight is 375 g/mol. The fourth-order valence-electron chi connectivity index (χ4n) is 3.81. The molecule has 2 aromatic carbocycles. The monoisotopic (exact) mass is 375 g/mol. The highest BCUT2D eigenvalue weighted by Gasteiger charge is 2.32. The van der Waals surface area contributed by atoms with E-state index in [0.717, 1.165) is 34.7 Å². The summed E-state index contributed by atoms with van der Waals surface area (Å²) in [6.45, 7) is 3.27. The van der Waals surface area contributed by atoms with Crippen molar-refractivity contribution < 1.29 is 9.53 Å². The molecule has 1 N–H and O–H groups in total. The van der Waals surface area contributed by atoms with E-state index in [-0.39, 0.29) is 12.1 Å². The van der Waals surface area contributed by atoms with Gasteiger partial charge in [-0.15, -0.1) is 0 Å². The van der Waals surface area contributed by atoms with Gasteiger partial charge in [0.05, 0.1) is 25.4 Å². The van der Waals surface area contributed by atoms with Gasteiger partial charge in [-0.3, -0.25) is 0 Å². The van der Waals surface area contributed by atoms with Crippen LogP contribution in [0.3, 0.4) is 0 Å². The molecule has 2 amide bonds. The maximum atomic E-state index is 13.1. The smallest absolute Gasteiger partial charge is 0.318 e. The molecule has 1 aliphatic heterocycles. The number of aromatic nitrogens is 1. The van der Waals surface area contributed by atoms with Crippen LogP contribution in [0.25, 0.3) is 5.69 Å². The summed E-state index contributed by atoms with van der Waals surface area (Å²) < 4.78 is 7.51. The average Bonchev–Trinajstić information content (AvgIpc) is 3.16. The molecule has 0 saturated heterocycles. The van der Waals surface area contributed by atoms with Crippen LogP contribution >= 0.6 is 0 Å². The molecule has 144 valence electrons. The van der Waals surface area contributed by atoms with Crippen molar-refractivity contribution in [2.24, 2.45) is 0 Å². The van der Waals surface area contributed by atoms with Crippen molar-refractivity contribution in [1.29, 1.82) is 0 Å². The van der Waals surface area contributed by atoms with Gasteiger partial charge in [-0.25, -0.2) is 4.79 Å². The van der Waals surface area contributed by atoms with E-state index in [4.69, 9.17) is 4.74 Å². The van der Waals surface area contributed by atoms with Crippen molar-refractivity contribution in [3.8, 4) is 11.4 Å². The number of hydrogen-bond donors (Lipinski definition) is 1. The molecule has 0 spiro atoms. The molecular formula is C23H25N3O2. The molecular weight excluding hydrogens is 350 g/mol. The van der Waals surface area contributed by atoms with Crippen molar-refractivity contribution in [3.05, 3.63) is 83.7 Å². The SMILES string of the molecule is CCCNC(=O)N1Cc2ccccc2-n2cccc2[C@H]1c1ccc(OC)cc1. The first-order valence-electron chi connectivity index (χ1n) is 9.67. The normalized spacial score (nSPS) is 15.4. The highest BCUT2D eigenvalue weighted by Crippen LogP contribution is 2.36. The minimum absolute atomic E-state index is 0.0490. The summed E-state index contributed by atoms with van der Waals surface area (Å²) in [6, 6.07) is 20.1. The van der Waals surface area contributed by atoms with Gasteiger partial charge in [0, 0.05) is 18.4 Å². The van der Waals surface area contributed by atoms with E-state index < -0.39 is 0 Å². The first-order valence-corrected chi connectivity index (χ1v) is 9.67. The van der Waals surface area contributed by atoms with Gasteiger partial charge in [0.2, 0.25) is 0 Å². The first-order chi connectivity index (χ1) is 13.7. The molecule has 1 atom stereocenters. The molecule has 2 heterocycles. The molecule has 0 bridgehead atoms. The van der Waals surface area contributed by atoms with Crippen molar-refractivity contribution in [3.63, 3.8) is 0 Å². The minimum atomic E-state index is -0.190. The van der Waals surface area contributed by atoms with Gasteiger partial charge >= 0.3 is 6.03 Å². The van der Waals surface area contributed by atoms with Gasteiger partial charge in [0.15, 0.2) is 0 Å². The van der Waals surface area contributed by atoms with Crippen LogP contribution in [-0.2, 0) is 6.54 Å². The molecule has 5 nitrogen and oxygen atoms in total. The molecule has 3 aromatic rings. The van der Waals surface area contributed by atoms with Gasteiger partial charge in [-0.2, -0.15) is 0 Å². The van der Waals surface area contributed by atoms with Crippen molar-refractivity contribution >= 4 is 6.03 Å². The third-order valence-corrected chi connectivity index (χ3v) is 5.18. The largest absolute Gasteiger partial charge is 0.497 e. The van der Waals surface area contributed by atoms with Gasteiger partial charge in [0.1, 0.15) is 5.75 Å². The van der Waals surface area contributed by atoms with E-state index >= 15 is 0 Å². The van der Waals surface area contributed by atoms with Crippen LogP contribution in [0, 0.1) is 0 Å². The summed E-state index contributed by atoms with van der Waals surface area (Å²) in [5.74, 6) is 0.804. The number of urea groups is 1. The Hall–Kier alpha value is -3.21. The second kappa shape index (κ2) is 7.80. The Bertz CT molecular complexity index is 962. The predicted octanol–water partition coefficient (Wildman–Crippen LogP) is 4.51. The van der Waals surface area contributed by atoms with Crippen molar-refractivity contribution in [1.82, 2.24) is 14.8 Å². The summed E-state index contributed by atoms with van der Waals surface area (Å²) in [7, 11) is 1.66. The second-order valence-corrected chi connectivity index (χ2v) is 6.97. The Morgan fingerprint density at radius 2 is 1.89 bits per heavy atom. The van der Waals surface area contributed by atoms with E-state index in [1.807, 2.05) is 47.4 Å². The topological polar surface area (TPSA) is 46.5 Å². The number of amides is 2. The number of methoxy groups -OCH3 is 1. The Balaban J connectivity index is 1.85. The fraction of sp³-hybridized carbons (Fsp3) is 0.261. The molecule has 1 aliphatic rings. The molecule has 1 aromatic heterocycles. The lowest BCUT2D eigenvalue weighted by atomic mass is 10.0. The number of para-hydroxylation sites is 1. The van der Waals surface area contributed by atoms with E-state index in [1.54, 1.807) is 7.11 Å². The lowest BCUT2D eigenvalue weighted by Crippen LogP contribution is -2.42. The van der Waals surface area contributed by atoms with Gasteiger partial charge < -0.3 is 19.5 Å². The Morgan fingerprint density at radius 1 is 1.11 bits per heavy atom. The number of ether oxygens (including phenoxy) is 1. The quantitative estimate of drug-likeness (QED) is 0.729. The number of benzene rings is 2. The van der Waals surface area contributed by atoms with E-state index in [1.165, 1.54) is 0 Å². The Labute approximate surface area is 165 Å². The predicted molar refractivity (Wildman–Crippen MR) is 110 cm³/mol. The standard InChI is InChI=1S/C23H25N3O2/c1-3-14-24-23(27)26-16-18-7-4-5-8-20(18)25-15-6-9-21(25)22(26)17-10-12-19(28-2)13-11-17/h4-13,15,22H,3,14,16H2,1-2H3,(H,24,27)/t22-/m1/s1. The zero-order chi connectivity index (χ0) is 19.5. The van der Waals surface area contributed by atoms with Crippen LogP contribution in [0.2, 0.25) is 0 Å². The second-order valence-electron chi connectivity index (χ2n) is 6.97. The number of nitrogens with zero attached hydrogens (tertiary/aromatic N) is 2. The maximum absolute atomic E-state index is 13.1. The third-order valence-electron chi connectivity index (χ3n) is 5.18. The lowest BCUT2D eigenvalue weighted by molar-refractivity contribution is 0.180. The molecule has 0 fully saturated rings. The number of nitrogens with one attached hydrogen (secondary N) is 1. The first kappa shape index (κ1) is 18.2. The zero-order valence-corrected chi connectivity index (χ0v) is 16.3. The van der Waals surface area contributed by atoms with E-state index in [0.29, 0.717) is 13.1 Å². The van der Waals surface area contributed by atoms with Crippen LogP contribution in [0.15, 0.2) is 66.9 Å². The summed E-state index contributed by atoms with van der Waals surface area (Å²) in [5, 5.41) is 3.06. The van der Waals surface area contributed by atoms with Crippen molar-refractivity contribution in [2.75, 3.05) is 13.7 Å². The number of carbonyl (C=O) groups excluding carboxylic acids is 1. The highest BCUT2D eigenvalue weighted by molar-refractivity contribution is 5.76.